The van der Waals surface area contributed by atoms with E-state index in [9.17, 15) is 22.3 Å². The first-order chi connectivity index (χ1) is 15.3. The molecule has 3 N–H and O–H groups in total. The number of aliphatic hydroxyl groups excluding tert-OH is 1. The molecule has 1 atom stereocenters. The van der Waals surface area contributed by atoms with Crippen LogP contribution < -0.4 is 10.0 Å². The fourth-order valence-electron chi connectivity index (χ4n) is 2.66. The van der Waals surface area contributed by atoms with Crippen LogP contribution in [0.3, 0.4) is 0 Å². The molecular weight excluding hydrogens is 480 g/mol. The van der Waals surface area contributed by atoms with Gasteiger partial charge in [-0.3, -0.25) is 0 Å². The van der Waals surface area contributed by atoms with Gasteiger partial charge in [-0.05, 0) is 23.9 Å². The molecule has 3 aromatic rings. The first kappa shape index (κ1) is 24.3. The SMILES string of the molecule is CCC[C@H](CO)Nc1nc(NS(=O)(=O)c2cccs2)nc(SCc2cccc(F)c2F)n1. The summed E-state index contributed by atoms with van der Waals surface area (Å²) < 4.78 is 55.0. The van der Waals surface area contributed by atoms with Crippen LogP contribution in [0.5, 0.6) is 0 Å². The zero-order valence-corrected chi connectivity index (χ0v) is 19.4. The molecule has 32 heavy (non-hydrogen) atoms. The number of thioether (sulfide) groups is 1. The van der Waals surface area contributed by atoms with Gasteiger partial charge < -0.3 is 10.4 Å². The van der Waals surface area contributed by atoms with Gasteiger partial charge in [-0.2, -0.15) is 15.0 Å². The predicted octanol–water partition coefficient (Wildman–Crippen LogP) is 3.88. The zero-order valence-electron chi connectivity index (χ0n) is 17.0. The van der Waals surface area contributed by atoms with E-state index in [1.54, 1.807) is 11.4 Å². The van der Waals surface area contributed by atoms with Gasteiger partial charge >= 0.3 is 0 Å². The Morgan fingerprint density at radius 1 is 1.16 bits per heavy atom. The smallest absolute Gasteiger partial charge is 0.273 e. The van der Waals surface area contributed by atoms with Crippen LogP contribution in [0, 0.1) is 11.6 Å². The summed E-state index contributed by atoms with van der Waals surface area (Å²) in [4.78, 5) is 12.5. The highest BCUT2D eigenvalue weighted by Crippen LogP contribution is 2.25. The van der Waals surface area contributed by atoms with E-state index in [1.807, 2.05) is 6.92 Å². The number of thiophene rings is 1. The number of aromatic nitrogens is 3. The number of rotatable bonds is 11. The maximum Gasteiger partial charge on any atom is 0.273 e. The van der Waals surface area contributed by atoms with E-state index in [0.717, 1.165) is 35.6 Å². The Labute approximate surface area is 192 Å². The Bertz CT molecular complexity index is 1150. The molecule has 0 aliphatic heterocycles. The highest BCUT2D eigenvalue weighted by Gasteiger charge is 2.19. The molecule has 0 amide bonds. The second kappa shape index (κ2) is 11.0. The average molecular weight is 502 g/mol. The van der Waals surface area contributed by atoms with Crippen LogP contribution in [0.4, 0.5) is 20.7 Å². The lowest BCUT2D eigenvalue weighted by molar-refractivity contribution is 0.268. The highest BCUT2D eigenvalue weighted by atomic mass is 32.2. The summed E-state index contributed by atoms with van der Waals surface area (Å²) in [6, 6.07) is 6.56. The molecule has 0 bridgehead atoms. The van der Waals surface area contributed by atoms with Gasteiger partial charge in [0.15, 0.2) is 16.8 Å². The van der Waals surface area contributed by atoms with Crippen molar-refractivity contribution in [3.63, 3.8) is 0 Å². The van der Waals surface area contributed by atoms with Crippen LogP contribution in [0.15, 0.2) is 45.1 Å². The molecule has 172 valence electrons. The number of aliphatic hydroxyl groups is 1. The molecular formula is C19H21F2N5O3S3. The molecule has 0 saturated heterocycles. The topological polar surface area (TPSA) is 117 Å². The van der Waals surface area contributed by atoms with Crippen molar-refractivity contribution in [3.05, 3.63) is 52.9 Å². The lowest BCUT2D eigenvalue weighted by Crippen LogP contribution is -2.25. The zero-order chi connectivity index (χ0) is 23.1. The molecule has 3 rings (SSSR count). The molecule has 8 nitrogen and oxygen atoms in total. The fraction of sp³-hybridized carbons (Fsp3) is 0.316. The van der Waals surface area contributed by atoms with Crippen LogP contribution in [0.2, 0.25) is 0 Å². The molecule has 0 saturated carbocycles. The summed E-state index contributed by atoms with van der Waals surface area (Å²) in [5.74, 6) is -2.09. The maximum atomic E-state index is 14.0. The van der Waals surface area contributed by atoms with Gasteiger partial charge in [0.2, 0.25) is 11.9 Å². The third kappa shape index (κ3) is 6.34. The van der Waals surface area contributed by atoms with Gasteiger partial charge in [0.25, 0.3) is 10.0 Å². The van der Waals surface area contributed by atoms with Gasteiger partial charge in [0.1, 0.15) is 4.21 Å². The third-order valence-corrected chi connectivity index (χ3v) is 7.80. The summed E-state index contributed by atoms with van der Waals surface area (Å²) in [6.07, 6.45) is 1.43. The minimum Gasteiger partial charge on any atom is -0.394 e. The number of sulfonamides is 1. The van der Waals surface area contributed by atoms with Crippen molar-refractivity contribution in [3.8, 4) is 0 Å². The van der Waals surface area contributed by atoms with Crippen LogP contribution in [0.25, 0.3) is 0 Å². The Kier molecular flexibility index (Phi) is 8.34. The van der Waals surface area contributed by atoms with E-state index in [4.69, 9.17) is 0 Å². The van der Waals surface area contributed by atoms with Crippen molar-refractivity contribution in [1.82, 2.24) is 15.0 Å². The quantitative estimate of drug-likeness (QED) is 0.339. The summed E-state index contributed by atoms with van der Waals surface area (Å²) in [5, 5.41) is 14.2. The first-order valence-corrected chi connectivity index (χ1v) is 12.9. The molecule has 0 aliphatic rings. The van der Waals surface area contributed by atoms with E-state index in [-0.39, 0.29) is 45.2 Å². The van der Waals surface area contributed by atoms with Crippen LogP contribution in [-0.2, 0) is 15.8 Å². The lowest BCUT2D eigenvalue weighted by atomic mass is 10.2. The fourth-order valence-corrected chi connectivity index (χ4v) is 5.41. The number of nitrogens with zero attached hydrogens (tertiary/aromatic N) is 3. The summed E-state index contributed by atoms with van der Waals surface area (Å²) in [6.45, 7) is 1.78. The number of benzene rings is 1. The van der Waals surface area contributed by atoms with Crippen LogP contribution >= 0.6 is 23.1 Å². The normalized spacial score (nSPS) is 12.5. The van der Waals surface area contributed by atoms with Gasteiger partial charge in [-0.25, -0.2) is 21.9 Å². The minimum atomic E-state index is -3.91. The molecule has 0 spiro atoms. The second-order valence-electron chi connectivity index (χ2n) is 6.62. The van der Waals surface area contributed by atoms with E-state index in [2.05, 4.69) is 25.0 Å². The standard InChI is InChI=1S/C19H21F2N5O3S3/c1-2-5-13(10-27)22-17-23-18(26-32(28,29)15-8-4-9-30-15)25-19(24-17)31-11-12-6-3-7-14(20)16(12)21/h3-4,6-9,13,27H,2,5,10-11H2,1H3,(H2,22,23,24,25,26)/t13-/m1/s1. The average Bonchev–Trinajstić information content (AvgIpc) is 3.30. The predicted molar refractivity (Wildman–Crippen MR) is 120 cm³/mol. The van der Waals surface area contributed by atoms with Crippen molar-refractivity contribution in [2.45, 2.75) is 40.9 Å². The van der Waals surface area contributed by atoms with Gasteiger partial charge in [-0.1, -0.05) is 43.3 Å². The van der Waals surface area contributed by atoms with Crippen molar-refractivity contribution >= 4 is 45.0 Å². The number of hydrogen-bond donors (Lipinski definition) is 3. The van der Waals surface area contributed by atoms with Crippen LogP contribution in [0.1, 0.15) is 25.3 Å². The molecule has 2 aromatic heterocycles. The monoisotopic (exact) mass is 501 g/mol. The first-order valence-electron chi connectivity index (χ1n) is 9.58. The summed E-state index contributed by atoms with van der Waals surface area (Å²) in [5.41, 5.74) is 0.116. The van der Waals surface area contributed by atoms with Crippen LogP contribution in [-0.4, -0.2) is 41.1 Å². The van der Waals surface area contributed by atoms with Crippen molar-refractivity contribution < 1.29 is 22.3 Å². The molecule has 1 aromatic carbocycles. The van der Waals surface area contributed by atoms with Gasteiger partial charge in [-0.15, -0.1) is 11.3 Å². The molecule has 0 fully saturated rings. The van der Waals surface area contributed by atoms with E-state index >= 15 is 0 Å². The van der Waals surface area contributed by atoms with E-state index in [0.29, 0.717) is 6.42 Å². The number of halogens is 2. The van der Waals surface area contributed by atoms with E-state index in [1.165, 1.54) is 18.2 Å². The minimum absolute atomic E-state index is 0.0164. The lowest BCUT2D eigenvalue weighted by Gasteiger charge is -2.16. The number of anilines is 2. The molecule has 2 heterocycles. The molecule has 13 heteroatoms. The second-order valence-corrected chi connectivity index (χ2v) is 10.4. The van der Waals surface area contributed by atoms with E-state index < -0.39 is 21.7 Å². The number of hydrogen-bond acceptors (Lipinski definition) is 9. The maximum absolute atomic E-state index is 14.0. The third-order valence-electron chi connectivity index (χ3n) is 4.18. The Hall–Kier alpha value is -2.35. The molecule has 0 radical (unpaired) electrons. The Morgan fingerprint density at radius 2 is 1.94 bits per heavy atom. The van der Waals surface area contributed by atoms with Gasteiger partial charge in [0, 0.05) is 11.3 Å². The summed E-state index contributed by atoms with van der Waals surface area (Å²) >= 11 is 2.03. The summed E-state index contributed by atoms with van der Waals surface area (Å²) in [7, 11) is -3.91. The van der Waals surface area contributed by atoms with Crippen molar-refractivity contribution in [2.24, 2.45) is 0 Å². The molecule has 0 unspecified atom stereocenters. The van der Waals surface area contributed by atoms with Crippen molar-refractivity contribution in [2.75, 3.05) is 16.6 Å². The Morgan fingerprint density at radius 3 is 2.62 bits per heavy atom. The molecule has 0 aliphatic carbocycles. The Balaban J connectivity index is 1.88. The van der Waals surface area contributed by atoms with Gasteiger partial charge in [0.05, 0.1) is 12.6 Å². The largest absolute Gasteiger partial charge is 0.394 e. The highest BCUT2D eigenvalue weighted by molar-refractivity contribution is 7.98. The van der Waals surface area contributed by atoms with Crippen molar-refractivity contribution in [1.29, 1.82) is 0 Å². The number of nitrogens with one attached hydrogen (secondary N) is 2.